The highest BCUT2D eigenvalue weighted by Crippen LogP contribution is 2.18. The molecule has 0 aliphatic heterocycles. The molecule has 1 aromatic rings. The quantitative estimate of drug-likeness (QED) is 0.915. The van der Waals surface area contributed by atoms with Gasteiger partial charge < -0.3 is 10.6 Å². The number of carbonyl (C=O) groups excluding carboxylic acids is 1. The highest BCUT2D eigenvalue weighted by molar-refractivity contribution is 5.92. The van der Waals surface area contributed by atoms with Gasteiger partial charge in [0.2, 0.25) is 5.91 Å². The van der Waals surface area contributed by atoms with E-state index in [0.29, 0.717) is 6.42 Å². The SMILES string of the molecule is Cc1cc(C)cc(N(C)C(=O)CCC(C)N)c1.Cl. The molecular weight excluding hydrogens is 248 g/mol. The predicted molar refractivity (Wildman–Crippen MR) is 79.5 cm³/mol. The summed E-state index contributed by atoms with van der Waals surface area (Å²) in [5.74, 6) is 0.118. The Kier molecular flexibility index (Phi) is 6.96. The van der Waals surface area contributed by atoms with Gasteiger partial charge in [-0.1, -0.05) is 6.07 Å². The summed E-state index contributed by atoms with van der Waals surface area (Å²) in [6, 6.07) is 6.23. The van der Waals surface area contributed by atoms with E-state index in [-0.39, 0.29) is 24.4 Å². The van der Waals surface area contributed by atoms with E-state index in [1.54, 1.807) is 4.90 Å². The zero-order valence-electron chi connectivity index (χ0n) is 11.6. The van der Waals surface area contributed by atoms with Crippen LogP contribution in [0.25, 0.3) is 0 Å². The molecule has 1 atom stereocenters. The lowest BCUT2D eigenvalue weighted by Crippen LogP contribution is -2.28. The van der Waals surface area contributed by atoms with E-state index in [9.17, 15) is 4.79 Å². The fourth-order valence-electron chi connectivity index (χ4n) is 1.81. The fraction of sp³-hybridized carbons (Fsp3) is 0.500. The summed E-state index contributed by atoms with van der Waals surface area (Å²) in [6.45, 7) is 6.00. The van der Waals surface area contributed by atoms with Gasteiger partial charge in [-0.25, -0.2) is 0 Å². The molecule has 0 aromatic heterocycles. The number of anilines is 1. The smallest absolute Gasteiger partial charge is 0.226 e. The summed E-state index contributed by atoms with van der Waals surface area (Å²) in [6.07, 6.45) is 1.23. The molecule has 0 aliphatic rings. The van der Waals surface area contributed by atoms with Gasteiger partial charge in [-0.05, 0) is 50.5 Å². The number of carbonyl (C=O) groups is 1. The molecule has 1 amide bonds. The van der Waals surface area contributed by atoms with Crippen LogP contribution in [0.3, 0.4) is 0 Å². The molecule has 1 rings (SSSR count). The Hall–Kier alpha value is -1.06. The normalized spacial score (nSPS) is 11.6. The van der Waals surface area contributed by atoms with Gasteiger partial charge in [0.25, 0.3) is 0 Å². The molecule has 0 heterocycles. The summed E-state index contributed by atoms with van der Waals surface area (Å²) >= 11 is 0. The van der Waals surface area contributed by atoms with Crippen LogP contribution >= 0.6 is 12.4 Å². The lowest BCUT2D eigenvalue weighted by molar-refractivity contribution is -0.118. The molecule has 0 saturated carbocycles. The van der Waals surface area contributed by atoms with Crippen LogP contribution in [0.4, 0.5) is 5.69 Å². The molecule has 18 heavy (non-hydrogen) atoms. The van der Waals surface area contributed by atoms with Crippen molar-refractivity contribution in [3.63, 3.8) is 0 Å². The van der Waals surface area contributed by atoms with E-state index in [1.807, 2.05) is 40.0 Å². The van der Waals surface area contributed by atoms with Crippen LogP contribution in [0.15, 0.2) is 18.2 Å². The summed E-state index contributed by atoms with van der Waals surface area (Å²) in [7, 11) is 1.82. The van der Waals surface area contributed by atoms with Gasteiger partial charge in [-0.2, -0.15) is 0 Å². The molecule has 0 fully saturated rings. The second-order valence-corrected chi connectivity index (χ2v) is 4.81. The minimum atomic E-state index is 0. The van der Waals surface area contributed by atoms with Crippen LogP contribution in [-0.2, 0) is 4.79 Å². The maximum atomic E-state index is 11.9. The van der Waals surface area contributed by atoms with Crippen LogP contribution in [0.5, 0.6) is 0 Å². The first-order valence-corrected chi connectivity index (χ1v) is 6.00. The molecule has 0 aliphatic carbocycles. The Balaban J connectivity index is 0.00000289. The maximum Gasteiger partial charge on any atom is 0.226 e. The van der Waals surface area contributed by atoms with Crippen molar-refractivity contribution in [1.82, 2.24) is 0 Å². The number of halogens is 1. The number of nitrogens with two attached hydrogens (primary N) is 1. The summed E-state index contributed by atoms with van der Waals surface area (Å²) < 4.78 is 0. The standard InChI is InChI=1S/C14H22N2O.ClH/c1-10-7-11(2)9-13(8-10)16(4)14(17)6-5-12(3)15;/h7-9,12H,5-6,15H2,1-4H3;1H. The lowest BCUT2D eigenvalue weighted by atomic mass is 10.1. The molecule has 102 valence electrons. The Morgan fingerprint density at radius 3 is 2.22 bits per heavy atom. The van der Waals surface area contributed by atoms with E-state index in [0.717, 1.165) is 12.1 Å². The summed E-state index contributed by atoms with van der Waals surface area (Å²) in [5, 5.41) is 0. The number of benzene rings is 1. The molecule has 2 N–H and O–H groups in total. The van der Waals surface area contributed by atoms with E-state index in [2.05, 4.69) is 6.07 Å². The molecule has 0 radical (unpaired) electrons. The molecule has 0 saturated heterocycles. The third-order valence-electron chi connectivity index (χ3n) is 2.78. The van der Waals surface area contributed by atoms with Crippen LogP contribution in [0, 0.1) is 13.8 Å². The molecule has 1 aromatic carbocycles. The minimum Gasteiger partial charge on any atom is -0.328 e. The third-order valence-corrected chi connectivity index (χ3v) is 2.78. The average molecular weight is 271 g/mol. The highest BCUT2D eigenvalue weighted by Gasteiger charge is 2.11. The van der Waals surface area contributed by atoms with Crippen molar-refractivity contribution in [3.8, 4) is 0 Å². The van der Waals surface area contributed by atoms with Gasteiger partial charge in [-0.3, -0.25) is 4.79 Å². The third kappa shape index (κ3) is 5.07. The number of rotatable bonds is 4. The first-order chi connectivity index (χ1) is 7.90. The van der Waals surface area contributed by atoms with Crippen molar-refractivity contribution < 1.29 is 4.79 Å². The minimum absolute atomic E-state index is 0. The Morgan fingerprint density at radius 1 is 1.28 bits per heavy atom. The van der Waals surface area contributed by atoms with Gasteiger partial charge in [0.05, 0.1) is 0 Å². The number of hydrogen-bond acceptors (Lipinski definition) is 2. The van der Waals surface area contributed by atoms with Crippen LogP contribution < -0.4 is 10.6 Å². The topological polar surface area (TPSA) is 46.3 Å². The first kappa shape index (κ1) is 16.9. The van der Waals surface area contributed by atoms with Crippen molar-refractivity contribution in [1.29, 1.82) is 0 Å². The zero-order valence-corrected chi connectivity index (χ0v) is 12.4. The molecule has 0 spiro atoms. The van der Waals surface area contributed by atoms with Gasteiger partial charge in [0.1, 0.15) is 0 Å². The van der Waals surface area contributed by atoms with Crippen LogP contribution in [0.1, 0.15) is 30.9 Å². The van der Waals surface area contributed by atoms with Gasteiger partial charge in [0, 0.05) is 25.2 Å². The largest absolute Gasteiger partial charge is 0.328 e. The van der Waals surface area contributed by atoms with Crippen molar-refractivity contribution in [3.05, 3.63) is 29.3 Å². The number of hydrogen-bond donors (Lipinski definition) is 1. The lowest BCUT2D eigenvalue weighted by Gasteiger charge is -2.19. The Morgan fingerprint density at radius 2 is 1.78 bits per heavy atom. The van der Waals surface area contributed by atoms with Crippen molar-refractivity contribution in [2.75, 3.05) is 11.9 Å². The van der Waals surface area contributed by atoms with E-state index < -0.39 is 0 Å². The zero-order chi connectivity index (χ0) is 13.0. The van der Waals surface area contributed by atoms with E-state index >= 15 is 0 Å². The molecule has 1 unspecified atom stereocenters. The van der Waals surface area contributed by atoms with Gasteiger partial charge in [0.15, 0.2) is 0 Å². The Labute approximate surface area is 116 Å². The second-order valence-electron chi connectivity index (χ2n) is 4.81. The van der Waals surface area contributed by atoms with Crippen LogP contribution in [0.2, 0.25) is 0 Å². The monoisotopic (exact) mass is 270 g/mol. The van der Waals surface area contributed by atoms with E-state index in [1.165, 1.54) is 11.1 Å². The van der Waals surface area contributed by atoms with Gasteiger partial charge >= 0.3 is 0 Å². The molecule has 4 heteroatoms. The predicted octanol–water partition coefficient (Wildman–Crippen LogP) is 2.82. The van der Waals surface area contributed by atoms with Crippen molar-refractivity contribution >= 4 is 24.0 Å². The van der Waals surface area contributed by atoms with Crippen molar-refractivity contribution in [2.24, 2.45) is 5.73 Å². The number of nitrogens with zero attached hydrogens (tertiary/aromatic N) is 1. The van der Waals surface area contributed by atoms with E-state index in [4.69, 9.17) is 5.73 Å². The second kappa shape index (κ2) is 7.39. The van der Waals surface area contributed by atoms with Gasteiger partial charge in [-0.15, -0.1) is 12.4 Å². The molecule has 3 nitrogen and oxygen atoms in total. The fourth-order valence-corrected chi connectivity index (χ4v) is 1.81. The summed E-state index contributed by atoms with van der Waals surface area (Å²) in [5.41, 5.74) is 8.96. The number of amides is 1. The summed E-state index contributed by atoms with van der Waals surface area (Å²) in [4.78, 5) is 13.7. The highest BCUT2D eigenvalue weighted by atomic mass is 35.5. The Bertz CT molecular complexity index is 385. The molecular formula is C14H23ClN2O. The molecule has 0 bridgehead atoms. The number of aryl methyl sites for hydroxylation is 2. The average Bonchev–Trinajstić information content (AvgIpc) is 2.23. The van der Waals surface area contributed by atoms with Crippen molar-refractivity contribution in [2.45, 2.75) is 39.7 Å². The maximum absolute atomic E-state index is 11.9. The van der Waals surface area contributed by atoms with Crippen LogP contribution in [-0.4, -0.2) is 19.0 Å². The first-order valence-electron chi connectivity index (χ1n) is 6.00.